The fraction of sp³-hybridized carbons (Fsp3) is 0.500. The number of aromatic amines is 1. The van der Waals surface area contributed by atoms with Crippen LogP contribution in [0.4, 0.5) is 5.95 Å². The van der Waals surface area contributed by atoms with Crippen molar-refractivity contribution in [2.24, 2.45) is 5.41 Å². The lowest BCUT2D eigenvalue weighted by Gasteiger charge is -2.27. The number of aliphatic hydroxyl groups is 2. The average Bonchev–Trinajstić information content (AvgIpc) is 3.39. The molecule has 0 radical (unpaired) electrons. The number of anilines is 1. The zero-order valence-electron chi connectivity index (χ0n) is 23.3. The van der Waals surface area contributed by atoms with Gasteiger partial charge in [0.25, 0.3) is 5.56 Å². The number of H-pyrrole nitrogens is 1. The fourth-order valence-corrected chi connectivity index (χ4v) is 6.83. The molecule has 1 unspecified atom stereocenters. The molecule has 0 amide bonds. The summed E-state index contributed by atoms with van der Waals surface area (Å²) < 4.78 is 36.6. The van der Waals surface area contributed by atoms with Crippen LogP contribution in [0.5, 0.6) is 5.75 Å². The Morgan fingerprint density at radius 3 is 2.68 bits per heavy atom. The molecule has 2 aromatic heterocycles. The van der Waals surface area contributed by atoms with Crippen LogP contribution in [0.25, 0.3) is 10.9 Å². The number of nitrogen functional groups attached to an aromatic ring is 1. The fourth-order valence-electron chi connectivity index (χ4n) is 4.14. The Balaban J connectivity index is 1.52. The number of carbonyl (C=O) groups is 1. The molecule has 3 aromatic rings. The Labute approximate surface area is 240 Å². The first-order valence-corrected chi connectivity index (χ1v) is 15.3. The van der Waals surface area contributed by atoms with Gasteiger partial charge in [-0.05, 0) is 46.8 Å². The van der Waals surface area contributed by atoms with Crippen LogP contribution in [0.3, 0.4) is 0 Å². The largest absolute Gasteiger partial charge is 0.464 e. The maximum Gasteiger partial charge on any atom is 0.459 e. The topological polar surface area (TPSA) is 195 Å². The van der Waals surface area contributed by atoms with E-state index in [1.165, 1.54) is 6.92 Å². The molecule has 0 spiro atoms. The molecule has 0 aliphatic carbocycles. The number of aliphatic hydroxyl groups excluding tert-OH is 1. The van der Waals surface area contributed by atoms with Gasteiger partial charge >= 0.3 is 13.7 Å². The highest BCUT2D eigenvalue weighted by atomic mass is 32.1. The highest BCUT2D eigenvalue weighted by Gasteiger charge is 2.54. The Kier molecular flexibility index (Phi) is 8.95. The first-order valence-electron chi connectivity index (χ1n) is 12.9. The van der Waals surface area contributed by atoms with E-state index in [-0.39, 0.29) is 29.2 Å². The zero-order chi connectivity index (χ0) is 30.2. The maximum atomic E-state index is 13.9. The molecule has 1 fully saturated rings. The van der Waals surface area contributed by atoms with Crippen LogP contribution in [0.15, 0.2) is 40.5 Å². The first-order chi connectivity index (χ1) is 19.1. The molecule has 1 aliphatic rings. The number of benzene rings is 1. The molecule has 224 valence electrons. The number of nitrogens with two attached hydrogens (primary N) is 1. The third-order valence-electron chi connectivity index (χ3n) is 6.37. The Bertz CT molecular complexity index is 1490. The summed E-state index contributed by atoms with van der Waals surface area (Å²) in [5.74, 6) is -0.285. The highest BCUT2D eigenvalue weighted by Crippen LogP contribution is 2.49. The SMILES string of the molecule is C[C@@H](COC(=O)C(C)(C)C)NP(=O)(OC[C@H]1O[C@@H](c2scc3c(=O)[nH]c(N)nc23)[C@](C)(O)[C@@H]1O)Oc1ccccc1. The van der Waals surface area contributed by atoms with Crippen LogP contribution in [0.1, 0.15) is 45.6 Å². The minimum absolute atomic E-state index is 0.104. The molecule has 6 atom stereocenters. The Morgan fingerprint density at radius 1 is 1.34 bits per heavy atom. The molecule has 41 heavy (non-hydrogen) atoms. The number of nitrogens with one attached hydrogen (secondary N) is 2. The molecule has 3 heterocycles. The molecule has 1 aromatic carbocycles. The van der Waals surface area contributed by atoms with E-state index < -0.39 is 61.3 Å². The van der Waals surface area contributed by atoms with Gasteiger partial charge in [0.05, 0.1) is 27.8 Å². The van der Waals surface area contributed by atoms with E-state index in [1.54, 1.807) is 63.4 Å². The minimum atomic E-state index is -4.14. The van der Waals surface area contributed by atoms with E-state index in [0.717, 1.165) is 11.3 Å². The summed E-state index contributed by atoms with van der Waals surface area (Å²) in [6.07, 6.45) is -3.71. The van der Waals surface area contributed by atoms with Gasteiger partial charge in [0.1, 0.15) is 36.3 Å². The van der Waals surface area contributed by atoms with Gasteiger partial charge in [-0.3, -0.25) is 19.1 Å². The van der Waals surface area contributed by atoms with Crippen molar-refractivity contribution in [2.45, 2.75) is 64.6 Å². The maximum absolute atomic E-state index is 13.9. The second kappa shape index (κ2) is 11.8. The molecular formula is C26H35N4O9PS. The summed E-state index contributed by atoms with van der Waals surface area (Å²) in [4.78, 5) is 31.5. The summed E-state index contributed by atoms with van der Waals surface area (Å²) >= 11 is 1.12. The number of hydrogen-bond donors (Lipinski definition) is 5. The number of aromatic nitrogens is 2. The molecule has 1 aliphatic heterocycles. The monoisotopic (exact) mass is 610 g/mol. The second-order valence-corrected chi connectivity index (χ2v) is 13.7. The van der Waals surface area contributed by atoms with Gasteiger partial charge < -0.3 is 29.9 Å². The summed E-state index contributed by atoms with van der Waals surface area (Å²) in [5.41, 5.74) is 2.98. The predicted octanol–water partition coefficient (Wildman–Crippen LogP) is 2.89. The van der Waals surface area contributed by atoms with Gasteiger partial charge in [-0.15, -0.1) is 11.3 Å². The minimum Gasteiger partial charge on any atom is -0.464 e. The summed E-state index contributed by atoms with van der Waals surface area (Å²) in [6.45, 7) is 7.63. The van der Waals surface area contributed by atoms with Gasteiger partial charge in [0.2, 0.25) is 5.95 Å². The van der Waals surface area contributed by atoms with Crippen LogP contribution in [-0.2, 0) is 23.4 Å². The number of nitrogens with zero attached hydrogens (tertiary/aromatic N) is 1. The van der Waals surface area contributed by atoms with Crippen LogP contribution in [0.2, 0.25) is 0 Å². The molecule has 4 rings (SSSR count). The van der Waals surface area contributed by atoms with E-state index in [2.05, 4.69) is 15.1 Å². The van der Waals surface area contributed by atoms with Crippen molar-refractivity contribution in [1.29, 1.82) is 0 Å². The lowest BCUT2D eigenvalue weighted by atomic mass is 9.92. The third-order valence-corrected chi connectivity index (χ3v) is 9.09. The smallest absolute Gasteiger partial charge is 0.459 e. The van der Waals surface area contributed by atoms with Gasteiger partial charge in [-0.25, -0.2) is 14.6 Å². The standard InChI is InChI=1S/C26H35N4O9PS/c1-14(11-36-23(33)25(2,3)4)30-40(35,39-15-9-7-6-8-10-15)37-12-17-20(31)26(5,34)21(38-17)19-18-16(13-41-19)22(32)29-24(27)28-18/h6-10,13-14,17,20-21,31,34H,11-12H2,1-5H3,(H,30,35)(H3,27,28,29,32)/t14-,17+,20+,21-,26+,40?/m0/s1. The highest BCUT2D eigenvalue weighted by molar-refractivity contribution is 7.52. The molecule has 15 heteroatoms. The lowest BCUT2D eigenvalue weighted by Crippen LogP contribution is -2.43. The second-order valence-electron chi connectivity index (χ2n) is 11.1. The Morgan fingerprint density at radius 2 is 2.02 bits per heavy atom. The van der Waals surface area contributed by atoms with Gasteiger partial charge in [-0.2, -0.15) is 0 Å². The van der Waals surface area contributed by atoms with Crippen molar-refractivity contribution < 1.29 is 38.1 Å². The van der Waals surface area contributed by atoms with Crippen LogP contribution >= 0.6 is 19.1 Å². The number of para-hydroxylation sites is 1. The quantitative estimate of drug-likeness (QED) is 0.167. The molecular weight excluding hydrogens is 575 g/mol. The van der Waals surface area contributed by atoms with Crippen molar-refractivity contribution in [2.75, 3.05) is 18.9 Å². The van der Waals surface area contributed by atoms with E-state index >= 15 is 0 Å². The lowest BCUT2D eigenvalue weighted by molar-refractivity contribution is -0.153. The first kappa shape index (κ1) is 31.1. The number of thiophene rings is 1. The predicted molar refractivity (Wildman–Crippen MR) is 153 cm³/mol. The number of hydrogen-bond acceptors (Lipinski definition) is 12. The molecule has 6 N–H and O–H groups in total. The molecule has 0 bridgehead atoms. The van der Waals surface area contributed by atoms with Crippen LogP contribution in [-0.4, -0.2) is 63.2 Å². The summed E-state index contributed by atoms with van der Waals surface area (Å²) in [6, 6.07) is 7.68. The normalized spacial score (nSPS) is 25.1. The summed E-state index contributed by atoms with van der Waals surface area (Å²) in [5, 5.41) is 26.8. The number of carbonyl (C=O) groups excluding carboxylic acids is 1. The van der Waals surface area contributed by atoms with E-state index in [0.29, 0.717) is 4.88 Å². The van der Waals surface area contributed by atoms with E-state index in [1.807, 2.05) is 0 Å². The number of fused-ring (bicyclic) bond motifs is 1. The van der Waals surface area contributed by atoms with Gasteiger partial charge in [0, 0.05) is 11.4 Å². The molecule has 1 saturated heterocycles. The number of ether oxygens (including phenoxy) is 2. The summed E-state index contributed by atoms with van der Waals surface area (Å²) in [7, 11) is -4.14. The van der Waals surface area contributed by atoms with Crippen molar-refractivity contribution in [3.63, 3.8) is 0 Å². The van der Waals surface area contributed by atoms with Gasteiger partial charge in [-0.1, -0.05) is 18.2 Å². The van der Waals surface area contributed by atoms with Crippen LogP contribution < -0.4 is 20.9 Å². The number of rotatable bonds is 10. The van der Waals surface area contributed by atoms with E-state index in [4.69, 9.17) is 24.3 Å². The van der Waals surface area contributed by atoms with Crippen LogP contribution in [0, 0.1) is 5.41 Å². The van der Waals surface area contributed by atoms with E-state index in [9.17, 15) is 24.4 Å². The average molecular weight is 611 g/mol. The third kappa shape index (κ3) is 6.97. The zero-order valence-corrected chi connectivity index (χ0v) is 25.0. The number of esters is 1. The molecule has 13 nitrogen and oxygen atoms in total. The Hall–Kier alpha value is -2.84. The van der Waals surface area contributed by atoms with Crippen molar-refractivity contribution >= 4 is 41.9 Å². The van der Waals surface area contributed by atoms with Crippen molar-refractivity contribution in [3.8, 4) is 5.75 Å². The van der Waals surface area contributed by atoms with Crippen molar-refractivity contribution in [1.82, 2.24) is 15.1 Å². The molecule has 0 saturated carbocycles. The van der Waals surface area contributed by atoms with Gasteiger partial charge in [0.15, 0.2) is 0 Å². The van der Waals surface area contributed by atoms with Crippen molar-refractivity contribution in [3.05, 3.63) is 50.9 Å².